The van der Waals surface area contributed by atoms with Crippen molar-refractivity contribution in [3.63, 3.8) is 0 Å². The third-order valence-corrected chi connectivity index (χ3v) is 4.68. The molecule has 1 heterocycles. The first-order valence-electron chi connectivity index (χ1n) is 8.87. The van der Waals surface area contributed by atoms with E-state index in [4.69, 9.17) is 0 Å². The van der Waals surface area contributed by atoms with E-state index in [1.807, 2.05) is 0 Å². The van der Waals surface area contributed by atoms with Crippen LogP contribution in [0.15, 0.2) is 54.6 Å². The Morgan fingerprint density at radius 1 is 0.560 bits per heavy atom. The fourth-order valence-electron chi connectivity index (χ4n) is 3.53. The van der Waals surface area contributed by atoms with Gasteiger partial charge in [-0.05, 0) is 51.0 Å². The van der Waals surface area contributed by atoms with Gasteiger partial charge in [-0.25, -0.2) is 0 Å². The molecule has 126 valence electrons. The summed E-state index contributed by atoms with van der Waals surface area (Å²) in [5.41, 5.74) is 3.68. The normalized spacial score (nSPS) is 14.6. The van der Waals surface area contributed by atoms with E-state index >= 15 is 0 Å². The van der Waals surface area contributed by atoms with Gasteiger partial charge in [-0.15, -0.1) is 0 Å². The van der Waals surface area contributed by atoms with Crippen molar-refractivity contribution in [1.82, 2.24) is 4.57 Å². The van der Waals surface area contributed by atoms with Gasteiger partial charge in [0.1, 0.15) is 0 Å². The number of hydrogen-bond donors (Lipinski definition) is 0. The fourth-order valence-corrected chi connectivity index (χ4v) is 3.53. The summed E-state index contributed by atoms with van der Waals surface area (Å²) in [5, 5.41) is 5.09. The Kier molecular flexibility index (Phi) is 5.04. The Bertz CT molecular complexity index is 1050. The molecule has 1 heteroatoms. The van der Waals surface area contributed by atoms with E-state index in [0.29, 0.717) is 0 Å². The maximum Gasteiger partial charge on any atom is 0.0494 e. The van der Waals surface area contributed by atoms with Gasteiger partial charge in [-0.2, -0.15) is 0 Å². The molecule has 1 nitrogen and oxygen atoms in total. The van der Waals surface area contributed by atoms with Crippen molar-refractivity contribution in [3.8, 4) is 16.8 Å². The van der Waals surface area contributed by atoms with Crippen molar-refractivity contribution in [2.45, 2.75) is 27.7 Å². The number of hydrogen-bond acceptors (Lipinski definition) is 0. The van der Waals surface area contributed by atoms with Crippen LogP contribution in [0.2, 0.25) is 0 Å². The summed E-state index contributed by atoms with van der Waals surface area (Å²) in [6, 6.07) is 19.3. The van der Waals surface area contributed by atoms with Crippen LogP contribution >= 0.6 is 0 Å². The molecule has 0 unspecified atom stereocenters. The van der Waals surface area contributed by atoms with E-state index in [-0.39, 0.29) is 0 Å². The average molecular weight is 327 g/mol. The molecule has 25 heavy (non-hydrogen) atoms. The lowest BCUT2D eigenvalue weighted by atomic mass is 10.1. The summed E-state index contributed by atoms with van der Waals surface area (Å²) in [6.07, 6.45) is 8.79. The lowest BCUT2D eigenvalue weighted by molar-refractivity contribution is 0.985. The molecule has 0 saturated carbocycles. The topological polar surface area (TPSA) is 4.93 Å². The van der Waals surface area contributed by atoms with Gasteiger partial charge in [0, 0.05) is 26.8 Å². The zero-order valence-electron chi connectivity index (χ0n) is 15.5. The second kappa shape index (κ2) is 7.40. The van der Waals surface area contributed by atoms with Crippen LogP contribution in [-0.2, 0) is 0 Å². The number of nitrogens with zero attached hydrogens (tertiary/aromatic N) is 1. The highest BCUT2D eigenvalue weighted by atomic mass is 15.0. The van der Waals surface area contributed by atoms with Gasteiger partial charge in [-0.3, -0.25) is 0 Å². The van der Waals surface area contributed by atoms with Gasteiger partial charge in [0.2, 0.25) is 0 Å². The molecular formula is C24H25N. The molecule has 0 aliphatic carbocycles. The fraction of sp³-hybridized carbons (Fsp3) is 0.167. The van der Waals surface area contributed by atoms with Crippen LogP contribution in [0, 0.1) is 0 Å². The molecule has 0 aliphatic heterocycles. The van der Waals surface area contributed by atoms with E-state index < -0.39 is 0 Å². The van der Waals surface area contributed by atoms with Crippen LogP contribution in [0.25, 0.3) is 41.1 Å². The molecule has 0 saturated heterocycles. The molecule has 0 fully saturated rings. The minimum absolute atomic E-state index is 1.19. The summed E-state index contributed by atoms with van der Waals surface area (Å²) in [4.78, 5) is 0. The standard InChI is InChI=1S/C24H25N/c1-5-21-22(6-2)24(8-4)25(23(21)7-3)20-16-14-19(15-17-20)18-12-10-9-11-13-18/h5-17H,1-4H3/b21-5-,22-6?,23-7+,24-8+. The van der Waals surface area contributed by atoms with E-state index in [1.165, 1.54) is 37.9 Å². The maximum atomic E-state index is 2.35. The van der Waals surface area contributed by atoms with Gasteiger partial charge in [-0.1, -0.05) is 66.8 Å². The molecule has 0 aliphatic rings. The Morgan fingerprint density at radius 3 is 1.48 bits per heavy atom. The smallest absolute Gasteiger partial charge is 0.0494 e. The molecule has 0 atom stereocenters. The maximum absolute atomic E-state index is 2.35. The van der Waals surface area contributed by atoms with Crippen LogP contribution in [0.1, 0.15) is 27.7 Å². The van der Waals surface area contributed by atoms with E-state index in [0.717, 1.165) is 0 Å². The average Bonchev–Trinajstić information content (AvgIpc) is 3.01. The Hall–Kier alpha value is -2.80. The first-order chi connectivity index (χ1) is 12.2. The van der Waals surface area contributed by atoms with Crippen LogP contribution in [0.5, 0.6) is 0 Å². The van der Waals surface area contributed by atoms with Crippen LogP contribution in [0.4, 0.5) is 0 Å². The highest BCUT2D eigenvalue weighted by molar-refractivity contribution is 5.64. The first kappa shape index (κ1) is 17.0. The molecule has 2 aromatic carbocycles. The summed E-state index contributed by atoms with van der Waals surface area (Å²) in [7, 11) is 0. The van der Waals surface area contributed by atoms with E-state index in [1.54, 1.807) is 0 Å². The monoisotopic (exact) mass is 327 g/mol. The van der Waals surface area contributed by atoms with Gasteiger partial charge in [0.25, 0.3) is 0 Å². The molecular weight excluding hydrogens is 302 g/mol. The molecule has 0 radical (unpaired) electrons. The van der Waals surface area contributed by atoms with Crippen molar-refractivity contribution >= 4 is 24.3 Å². The van der Waals surface area contributed by atoms with Gasteiger partial charge < -0.3 is 4.57 Å². The minimum Gasteiger partial charge on any atom is -0.310 e. The minimum atomic E-state index is 1.19. The Labute approximate surface area is 149 Å². The van der Waals surface area contributed by atoms with Crippen LogP contribution in [0.3, 0.4) is 0 Å². The third kappa shape index (κ3) is 2.98. The predicted molar refractivity (Wildman–Crippen MR) is 110 cm³/mol. The highest BCUT2D eigenvalue weighted by Gasteiger charge is 2.05. The second-order valence-electron chi connectivity index (χ2n) is 6.00. The van der Waals surface area contributed by atoms with Crippen molar-refractivity contribution in [3.05, 3.63) is 75.7 Å². The molecule has 0 spiro atoms. The number of benzene rings is 2. The lowest BCUT2D eigenvalue weighted by Gasteiger charge is -2.08. The summed E-state index contributed by atoms with van der Waals surface area (Å²) >= 11 is 0. The number of aromatic nitrogens is 1. The zero-order chi connectivity index (χ0) is 17.8. The van der Waals surface area contributed by atoms with Gasteiger partial charge >= 0.3 is 0 Å². The zero-order valence-corrected chi connectivity index (χ0v) is 15.5. The molecule has 1 aromatic heterocycles. The van der Waals surface area contributed by atoms with Crippen molar-refractivity contribution in [2.75, 3.05) is 0 Å². The van der Waals surface area contributed by atoms with Crippen molar-refractivity contribution in [2.24, 2.45) is 0 Å². The van der Waals surface area contributed by atoms with Gasteiger partial charge in [0.15, 0.2) is 0 Å². The van der Waals surface area contributed by atoms with Crippen LogP contribution < -0.4 is 21.1 Å². The first-order valence-corrected chi connectivity index (χ1v) is 8.87. The van der Waals surface area contributed by atoms with E-state index in [9.17, 15) is 0 Å². The SMILES string of the molecule is CC=c1c(=C/C)/c(=C\C)n(-c2ccc(-c3ccccc3)cc2)/c1=C/C. The largest absolute Gasteiger partial charge is 0.310 e. The van der Waals surface area contributed by atoms with Crippen LogP contribution in [-0.4, -0.2) is 4.57 Å². The Morgan fingerprint density at radius 2 is 1.04 bits per heavy atom. The van der Waals surface area contributed by atoms with Crippen molar-refractivity contribution < 1.29 is 0 Å². The summed E-state index contributed by atoms with van der Waals surface area (Å²) in [5.74, 6) is 0. The molecule has 3 aromatic rings. The predicted octanol–water partition coefficient (Wildman–Crippen LogP) is 3.35. The molecule has 0 bridgehead atoms. The third-order valence-electron chi connectivity index (χ3n) is 4.68. The van der Waals surface area contributed by atoms with Crippen molar-refractivity contribution in [1.29, 1.82) is 0 Å². The van der Waals surface area contributed by atoms with Gasteiger partial charge in [0.05, 0.1) is 0 Å². The second-order valence-corrected chi connectivity index (χ2v) is 6.00. The molecule has 0 N–H and O–H groups in total. The lowest BCUT2D eigenvalue weighted by Crippen LogP contribution is -2.36. The quantitative estimate of drug-likeness (QED) is 0.680. The molecule has 3 rings (SSSR count). The highest BCUT2D eigenvalue weighted by Crippen LogP contribution is 2.19. The number of rotatable bonds is 2. The van der Waals surface area contributed by atoms with E-state index in [2.05, 4.69) is 111 Å². The molecule has 0 amide bonds. The summed E-state index contributed by atoms with van der Waals surface area (Å²) in [6.45, 7) is 8.43. The summed E-state index contributed by atoms with van der Waals surface area (Å²) < 4.78 is 2.35. The Balaban J connectivity index is 2.27.